The molecule has 1 aromatic rings. The van der Waals surface area contributed by atoms with Crippen LogP contribution in [0.1, 0.15) is 18.4 Å². The van der Waals surface area contributed by atoms with E-state index in [2.05, 4.69) is 21.2 Å². The number of nitrogens with one attached hydrogen (secondary N) is 1. The lowest BCUT2D eigenvalue weighted by Gasteiger charge is -2.14. The van der Waals surface area contributed by atoms with Crippen LogP contribution in [0.5, 0.6) is 11.5 Å². The second kappa shape index (κ2) is 6.95. The summed E-state index contributed by atoms with van der Waals surface area (Å²) in [5.74, 6) is 1.22. The summed E-state index contributed by atoms with van der Waals surface area (Å²) in [5, 5.41) is 2.88. The van der Waals surface area contributed by atoms with Gasteiger partial charge in [-0.3, -0.25) is 4.79 Å². The van der Waals surface area contributed by atoms with Gasteiger partial charge in [0.1, 0.15) is 6.10 Å². The minimum Gasteiger partial charge on any atom is -0.493 e. The maximum atomic E-state index is 11.9. The molecule has 0 spiro atoms. The molecule has 1 N–H and O–H groups in total. The van der Waals surface area contributed by atoms with E-state index >= 15 is 0 Å². The molecule has 0 saturated carbocycles. The summed E-state index contributed by atoms with van der Waals surface area (Å²) < 4.78 is 16.7. The van der Waals surface area contributed by atoms with Crippen molar-refractivity contribution in [2.75, 3.05) is 20.8 Å². The Hall–Kier alpha value is -1.27. The van der Waals surface area contributed by atoms with E-state index in [-0.39, 0.29) is 12.0 Å². The SMILES string of the molecule is COc1cc(Br)c(CNC(=O)[C@H]2CCCO2)cc1OC. The molecule has 2 rings (SSSR count). The van der Waals surface area contributed by atoms with E-state index < -0.39 is 0 Å². The summed E-state index contributed by atoms with van der Waals surface area (Å²) >= 11 is 3.47. The highest BCUT2D eigenvalue weighted by Gasteiger charge is 2.23. The number of ether oxygens (including phenoxy) is 3. The quantitative estimate of drug-likeness (QED) is 0.890. The second-order valence-corrected chi connectivity index (χ2v) is 5.37. The fourth-order valence-electron chi connectivity index (χ4n) is 2.11. The second-order valence-electron chi connectivity index (χ2n) is 4.52. The highest BCUT2D eigenvalue weighted by Crippen LogP contribution is 2.33. The Bertz CT molecular complexity index is 486. The summed E-state index contributed by atoms with van der Waals surface area (Å²) in [6, 6.07) is 3.67. The third-order valence-electron chi connectivity index (χ3n) is 3.23. The van der Waals surface area contributed by atoms with E-state index in [9.17, 15) is 4.79 Å². The van der Waals surface area contributed by atoms with E-state index in [1.54, 1.807) is 14.2 Å². The molecule has 0 bridgehead atoms. The molecule has 1 aromatic carbocycles. The van der Waals surface area contributed by atoms with Gasteiger partial charge in [0.2, 0.25) is 5.91 Å². The number of methoxy groups -OCH3 is 2. The van der Waals surface area contributed by atoms with Gasteiger partial charge < -0.3 is 19.5 Å². The predicted octanol–water partition coefficient (Wildman–Crippen LogP) is 2.26. The molecule has 5 nitrogen and oxygen atoms in total. The summed E-state index contributed by atoms with van der Waals surface area (Å²) in [6.45, 7) is 1.08. The Morgan fingerprint density at radius 1 is 1.40 bits per heavy atom. The van der Waals surface area contributed by atoms with Crippen LogP contribution >= 0.6 is 15.9 Å². The molecule has 1 heterocycles. The van der Waals surface area contributed by atoms with Crippen molar-refractivity contribution < 1.29 is 19.0 Å². The molecule has 1 fully saturated rings. The van der Waals surface area contributed by atoms with Gasteiger partial charge in [-0.25, -0.2) is 0 Å². The largest absolute Gasteiger partial charge is 0.493 e. The van der Waals surface area contributed by atoms with Crippen molar-refractivity contribution in [1.29, 1.82) is 0 Å². The molecule has 0 unspecified atom stereocenters. The molecule has 0 aliphatic carbocycles. The van der Waals surface area contributed by atoms with Gasteiger partial charge in [-0.05, 0) is 30.5 Å². The maximum Gasteiger partial charge on any atom is 0.249 e. The average molecular weight is 344 g/mol. The van der Waals surface area contributed by atoms with E-state index in [0.29, 0.717) is 24.7 Å². The van der Waals surface area contributed by atoms with Gasteiger partial charge in [0.05, 0.1) is 14.2 Å². The molecule has 1 aliphatic rings. The van der Waals surface area contributed by atoms with E-state index in [0.717, 1.165) is 22.9 Å². The Morgan fingerprint density at radius 2 is 2.10 bits per heavy atom. The molecular weight excluding hydrogens is 326 g/mol. The topological polar surface area (TPSA) is 56.8 Å². The summed E-state index contributed by atoms with van der Waals surface area (Å²) in [6.07, 6.45) is 1.42. The third kappa shape index (κ3) is 3.43. The Morgan fingerprint density at radius 3 is 2.70 bits per heavy atom. The molecule has 1 atom stereocenters. The van der Waals surface area contributed by atoms with Crippen molar-refractivity contribution in [2.45, 2.75) is 25.5 Å². The molecule has 6 heteroatoms. The first-order chi connectivity index (χ1) is 9.65. The molecular formula is C14H18BrNO4. The number of carbonyl (C=O) groups is 1. The van der Waals surface area contributed by atoms with Crippen LogP contribution in [0.3, 0.4) is 0 Å². The van der Waals surface area contributed by atoms with E-state index in [1.165, 1.54) is 0 Å². The lowest BCUT2D eigenvalue weighted by molar-refractivity contribution is -0.130. The molecule has 0 radical (unpaired) electrons. The number of carbonyl (C=O) groups excluding carboxylic acids is 1. The predicted molar refractivity (Wildman–Crippen MR) is 78.1 cm³/mol. The third-order valence-corrected chi connectivity index (χ3v) is 3.97. The first-order valence-electron chi connectivity index (χ1n) is 6.45. The van der Waals surface area contributed by atoms with Crippen LogP contribution in [0, 0.1) is 0 Å². The summed E-state index contributed by atoms with van der Waals surface area (Å²) in [5.41, 5.74) is 0.925. The summed E-state index contributed by atoms with van der Waals surface area (Å²) in [4.78, 5) is 11.9. The Balaban J connectivity index is 2.03. The zero-order chi connectivity index (χ0) is 14.5. The monoisotopic (exact) mass is 343 g/mol. The van der Waals surface area contributed by atoms with Crippen molar-refractivity contribution in [3.8, 4) is 11.5 Å². The Kier molecular flexibility index (Phi) is 5.25. The van der Waals surface area contributed by atoms with Crippen molar-refractivity contribution in [1.82, 2.24) is 5.32 Å². The molecule has 1 aliphatic heterocycles. The lowest BCUT2D eigenvalue weighted by Crippen LogP contribution is -2.33. The van der Waals surface area contributed by atoms with Crippen molar-refractivity contribution in [3.63, 3.8) is 0 Å². The standard InChI is InChI=1S/C14H18BrNO4/c1-18-12-6-9(10(15)7-13(12)19-2)8-16-14(17)11-4-3-5-20-11/h6-7,11H,3-5,8H2,1-2H3,(H,16,17)/t11-/m1/s1. The van der Waals surface area contributed by atoms with Crippen LogP contribution in [0.4, 0.5) is 0 Å². The molecule has 1 saturated heterocycles. The first kappa shape index (κ1) is 15.1. The van der Waals surface area contributed by atoms with Gasteiger partial charge in [0.15, 0.2) is 11.5 Å². The first-order valence-corrected chi connectivity index (χ1v) is 7.24. The minimum absolute atomic E-state index is 0.0656. The number of benzene rings is 1. The van der Waals surface area contributed by atoms with Crippen LogP contribution in [-0.4, -0.2) is 32.8 Å². The van der Waals surface area contributed by atoms with Gasteiger partial charge >= 0.3 is 0 Å². The van der Waals surface area contributed by atoms with Crippen molar-refractivity contribution in [2.24, 2.45) is 0 Å². The molecule has 0 aromatic heterocycles. The van der Waals surface area contributed by atoms with Gasteiger partial charge in [-0.15, -0.1) is 0 Å². The van der Waals surface area contributed by atoms with Crippen molar-refractivity contribution >= 4 is 21.8 Å². The van der Waals surface area contributed by atoms with Crippen LogP contribution in [0.25, 0.3) is 0 Å². The van der Waals surface area contributed by atoms with Gasteiger partial charge in [-0.1, -0.05) is 15.9 Å². The van der Waals surface area contributed by atoms with Gasteiger partial charge in [0, 0.05) is 17.6 Å². The van der Waals surface area contributed by atoms with Crippen LogP contribution in [-0.2, 0) is 16.1 Å². The number of hydrogen-bond donors (Lipinski definition) is 1. The zero-order valence-electron chi connectivity index (χ0n) is 11.6. The molecule has 1 amide bonds. The number of halogens is 1. The molecule has 110 valence electrons. The normalized spacial score (nSPS) is 17.9. The number of rotatable bonds is 5. The van der Waals surface area contributed by atoms with Crippen LogP contribution in [0.2, 0.25) is 0 Å². The number of hydrogen-bond acceptors (Lipinski definition) is 4. The van der Waals surface area contributed by atoms with E-state index in [1.807, 2.05) is 12.1 Å². The highest BCUT2D eigenvalue weighted by atomic mass is 79.9. The summed E-state index contributed by atoms with van der Waals surface area (Å²) in [7, 11) is 3.17. The average Bonchev–Trinajstić information content (AvgIpc) is 2.99. The maximum absolute atomic E-state index is 11.9. The fourth-order valence-corrected chi connectivity index (χ4v) is 2.57. The van der Waals surface area contributed by atoms with Crippen molar-refractivity contribution in [3.05, 3.63) is 22.2 Å². The van der Waals surface area contributed by atoms with Gasteiger partial charge in [-0.2, -0.15) is 0 Å². The fraction of sp³-hybridized carbons (Fsp3) is 0.500. The zero-order valence-corrected chi connectivity index (χ0v) is 13.2. The van der Waals surface area contributed by atoms with Crippen LogP contribution < -0.4 is 14.8 Å². The number of amides is 1. The smallest absolute Gasteiger partial charge is 0.249 e. The minimum atomic E-state index is -0.311. The van der Waals surface area contributed by atoms with Gasteiger partial charge in [0.25, 0.3) is 0 Å². The molecule has 20 heavy (non-hydrogen) atoms. The Labute approximate surface area is 126 Å². The van der Waals surface area contributed by atoms with Crippen LogP contribution in [0.15, 0.2) is 16.6 Å². The lowest BCUT2D eigenvalue weighted by atomic mass is 10.2. The van der Waals surface area contributed by atoms with E-state index in [4.69, 9.17) is 14.2 Å². The highest BCUT2D eigenvalue weighted by molar-refractivity contribution is 9.10.